The monoisotopic (exact) mass is 398 g/mol. The lowest BCUT2D eigenvalue weighted by Crippen LogP contribution is -2.34. The molecule has 0 aromatic rings. The van der Waals surface area contributed by atoms with Crippen LogP contribution in [-0.4, -0.2) is 55.9 Å². The quantitative estimate of drug-likeness (QED) is 0.489. The normalized spacial score (nSPS) is 14.6. The van der Waals surface area contributed by atoms with Gasteiger partial charge in [-0.05, 0) is 53.8 Å². The molecule has 1 rings (SSSR count). The van der Waals surface area contributed by atoms with Gasteiger partial charge in [0.05, 0.1) is 0 Å². The molecule has 0 aliphatic heterocycles. The van der Waals surface area contributed by atoms with Crippen molar-refractivity contribution in [2.45, 2.75) is 89.0 Å². The second-order valence-electron chi connectivity index (χ2n) is 7.15. The van der Waals surface area contributed by atoms with E-state index in [1.807, 2.05) is 27.7 Å². The van der Waals surface area contributed by atoms with E-state index in [-0.39, 0.29) is 5.78 Å². The maximum absolute atomic E-state index is 9.44. The Kier molecular flexibility index (Phi) is 32.2. The molecule has 1 unspecified atom stereocenters. The largest absolute Gasteiger partial charge is 0.308 e. The summed E-state index contributed by atoms with van der Waals surface area (Å²) >= 11 is 0. The molecule has 0 fully saturated rings. The first kappa shape index (κ1) is 34.6. The molecular formula is C25H54N2O. The van der Waals surface area contributed by atoms with Gasteiger partial charge in [0.1, 0.15) is 5.78 Å². The van der Waals surface area contributed by atoms with Crippen LogP contribution < -0.4 is 0 Å². The molecule has 3 heteroatoms. The highest BCUT2D eigenvalue weighted by Crippen LogP contribution is 2.24. The number of carbonyl (C=O) groups is 1. The van der Waals surface area contributed by atoms with Crippen LogP contribution in [0, 0.1) is 5.92 Å². The van der Waals surface area contributed by atoms with Crippen molar-refractivity contribution in [2.75, 3.05) is 40.3 Å². The summed E-state index contributed by atoms with van der Waals surface area (Å²) in [5, 5.41) is 0. The molecule has 0 radical (unpaired) electrons. The lowest BCUT2D eigenvalue weighted by molar-refractivity contribution is -0.114. The van der Waals surface area contributed by atoms with Crippen LogP contribution in [-0.2, 0) is 4.79 Å². The number of allylic oxidation sites excluding steroid dienone is 3. The van der Waals surface area contributed by atoms with Gasteiger partial charge in [0, 0.05) is 19.6 Å². The fraction of sp³-hybridized carbons (Fsp3) is 0.800. The van der Waals surface area contributed by atoms with Crippen molar-refractivity contribution in [1.29, 1.82) is 0 Å². The van der Waals surface area contributed by atoms with Crippen LogP contribution in [0.25, 0.3) is 0 Å². The molecule has 170 valence electrons. The van der Waals surface area contributed by atoms with E-state index in [2.05, 4.69) is 70.7 Å². The maximum atomic E-state index is 9.44. The van der Waals surface area contributed by atoms with Gasteiger partial charge in [-0.2, -0.15) is 0 Å². The number of hydrogen-bond donors (Lipinski definition) is 0. The minimum absolute atomic E-state index is 0.167. The summed E-state index contributed by atoms with van der Waals surface area (Å²) in [5.74, 6) is 0.883. The minimum Gasteiger partial charge on any atom is -0.308 e. The van der Waals surface area contributed by atoms with E-state index in [4.69, 9.17) is 0 Å². The summed E-state index contributed by atoms with van der Waals surface area (Å²) in [6.45, 7) is 26.7. The third-order valence-corrected chi connectivity index (χ3v) is 3.56. The van der Waals surface area contributed by atoms with Crippen molar-refractivity contribution in [3.63, 3.8) is 0 Å². The minimum atomic E-state index is 0.167. The van der Waals surface area contributed by atoms with Gasteiger partial charge in [0.2, 0.25) is 0 Å². The van der Waals surface area contributed by atoms with Crippen molar-refractivity contribution >= 4 is 5.78 Å². The topological polar surface area (TPSA) is 23.6 Å². The Bertz CT molecular complexity index is 380. The smallest absolute Gasteiger partial charge is 0.126 e. The molecule has 1 atom stereocenters. The van der Waals surface area contributed by atoms with Gasteiger partial charge in [-0.3, -0.25) is 4.90 Å². The zero-order valence-electron chi connectivity index (χ0n) is 21.8. The summed E-state index contributed by atoms with van der Waals surface area (Å²) in [5.41, 5.74) is 3.11. The zero-order chi connectivity index (χ0) is 23.1. The summed E-state index contributed by atoms with van der Waals surface area (Å²) in [6, 6.07) is 0. The second-order valence-corrected chi connectivity index (χ2v) is 7.15. The van der Waals surface area contributed by atoms with Crippen molar-refractivity contribution in [3.8, 4) is 0 Å². The van der Waals surface area contributed by atoms with Crippen molar-refractivity contribution in [1.82, 2.24) is 9.80 Å². The highest BCUT2D eigenvalue weighted by Gasteiger charge is 2.15. The van der Waals surface area contributed by atoms with Crippen LogP contribution in [0.15, 0.2) is 23.3 Å². The summed E-state index contributed by atoms with van der Waals surface area (Å²) in [6.07, 6.45) is 7.11. The zero-order valence-corrected chi connectivity index (χ0v) is 21.8. The van der Waals surface area contributed by atoms with Crippen LogP contribution in [0.4, 0.5) is 0 Å². The first-order valence-corrected chi connectivity index (χ1v) is 11.4. The number of likely N-dealkylation sites (N-methyl/N-ethyl adjacent to an activating group) is 2. The molecule has 0 amide bonds. The highest BCUT2D eigenvalue weighted by molar-refractivity contribution is 5.72. The molecule has 0 aromatic heterocycles. The van der Waals surface area contributed by atoms with Gasteiger partial charge in [-0.1, -0.05) is 85.1 Å². The maximum Gasteiger partial charge on any atom is 0.126 e. The third kappa shape index (κ3) is 27.3. The van der Waals surface area contributed by atoms with E-state index in [1.54, 1.807) is 5.57 Å². The number of hydrogen-bond acceptors (Lipinski definition) is 3. The van der Waals surface area contributed by atoms with Crippen molar-refractivity contribution in [2.24, 2.45) is 5.92 Å². The highest BCUT2D eigenvalue weighted by atomic mass is 16.1. The van der Waals surface area contributed by atoms with Crippen molar-refractivity contribution < 1.29 is 4.79 Å². The molecule has 0 bridgehead atoms. The predicted molar refractivity (Wildman–Crippen MR) is 131 cm³/mol. The summed E-state index contributed by atoms with van der Waals surface area (Å²) < 4.78 is 0. The molecule has 3 nitrogen and oxygen atoms in total. The average molecular weight is 399 g/mol. The van der Waals surface area contributed by atoms with E-state index in [9.17, 15) is 4.79 Å². The van der Waals surface area contributed by atoms with E-state index in [0.29, 0.717) is 5.92 Å². The first-order chi connectivity index (χ1) is 13.2. The standard InChI is InChI=1S/C15H28N2.C3H6O.C3H8.2C2H6/c1-6-17(10-9-16(4)5)12-15-8-7-13(2)11-14(15)3;1-3(2)4;1-3-2;2*1-2/h7-8,14H,6,9-12H2,1-5H3;1-2H3;3H2,1-2H3;2*1-2H3. The molecule has 0 aromatic carbocycles. The molecule has 0 spiro atoms. The lowest BCUT2D eigenvalue weighted by Gasteiger charge is -2.28. The van der Waals surface area contributed by atoms with Gasteiger partial charge in [0.15, 0.2) is 0 Å². The van der Waals surface area contributed by atoms with Gasteiger partial charge in [-0.25, -0.2) is 0 Å². The number of ketones is 1. The average Bonchev–Trinajstić information content (AvgIpc) is 2.64. The number of rotatable bonds is 6. The molecule has 0 saturated heterocycles. The number of carbonyl (C=O) groups excluding carboxylic acids is 1. The molecule has 0 heterocycles. The molecule has 0 saturated carbocycles. The Hall–Kier alpha value is -0.930. The van der Waals surface area contributed by atoms with Gasteiger partial charge >= 0.3 is 0 Å². The first-order valence-electron chi connectivity index (χ1n) is 11.4. The summed E-state index contributed by atoms with van der Waals surface area (Å²) in [7, 11) is 4.28. The van der Waals surface area contributed by atoms with Gasteiger partial charge < -0.3 is 9.69 Å². The van der Waals surface area contributed by atoms with Crippen LogP contribution in [0.5, 0.6) is 0 Å². The Balaban J connectivity index is -0.000000219. The van der Waals surface area contributed by atoms with Crippen LogP contribution >= 0.6 is 0 Å². The van der Waals surface area contributed by atoms with Crippen LogP contribution in [0.2, 0.25) is 0 Å². The van der Waals surface area contributed by atoms with Gasteiger partial charge in [-0.15, -0.1) is 0 Å². The number of nitrogens with zero attached hydrogens (tertiary/aromatic N) is 2. The Labute approximate surface area is 179 Å². The van der Waals surface area contributed by atoms with Crippen LogP contribution in [0.3, 0.4) is 0 Å². The predicted octanol–water partition coefficient (Wildman–Crippen LogP) is 6.85. The lowest BCUT2D eigenvalue weighted by atomic mass is 9.89. The molecular weight excluding hydrogens is 344 g/mol. The Morgan fingerprint density at radius 3 is 1.75 bits per heavy atom. The molecule has 1 aliphatic rings. The van der Waals surface area contributed by atoms with E-state index < -0.39 is 0 Å². The summed E-state index contributed by atoms with van der Waals surface area (Å²) in [4.78, 5) is 14.2. The van der Waals surface area contributed by atoms with E-state index in [1.165, 1.54) is 32.3 Å². The molecule has 1 aliphatic carbocycles. The van der Waals surface area contributed by atoms with Gasteiger partial charge in [0.25, 0.3) is 0 Å². The Morgan fingerprint density at radius 2 is 1.43 bits per heavy atom. The van der Waals surface area contributed by atoms with Crippen molar-refractivity contribution in [3.05, 3.63) is 23.3 Å². The second kappa shape index (κ2) is 26.1. The molecule has 0 N–H and O–H groups in total. The molecule has 28 heavy (non-hydrogen) atoms. The van der Waals surface area contributed by atoms with E-state index >= 15 is 0 Å². The third-order valence-electron chi connectivity index (χ3n) is 3.56. The Morgan fingerprint density at radius 1 is 1.00 bits per heavy atom. The fourth-order valence-corrected chi connectivity index (χ4v) is 2.25. The number of Topliss-reactive ketones (excluding diaryl/α,β-unsaturated/α-hetero) is 1. The SMILES string of the molecule is CC.CC.CC(C)=O.CCC.CCN(CCN(C)C)CC1=CC=C(C)CC1C. The van der Waals surface area contributed by atoms with E-state index in [0.717, 1.165) is 26.2 Å². The van der Waals surface area contributed by atoms with Crippen LogP contribution in [0.1, 0.15) is 89.0 Å². The fourth-order valence-electron chi connectivity index (χ4n) is 2.25.